The van der Waals surface area contributed by atoms with E-state index in [2.05, 4.69) is 38.1 Å². The average molecular weight is 542 g/mol. The fourth-order valence-electron chi connectivity index (χ4n) is 3.20. The molecule has 0 radical (unpaired) electrons. The summed E-state index contributed by atoms with van der Waals surface area (Å²) in [5.41, 5.74) is 6.85. The van der Waals surface area contributed by atoms with E-state index in [0.29, 0.717) is 21.8 Å². The highest BCUT2D eigenvalue weighted by Gasteiger charge is 2.13. The molecule has 4 rings (SSSR count). The second-order valence-corrected chi connectivity index (χ2v) is 8.55. The maximum absolute atomic E-state index is 13.0. The van der Waals surface area contributed by atoms with Crippen LogP contribution in [0.2, 0.25) is 5.02 Å². The van der Waals surface area contributed by atoms with Crippen LogP contribution in [0.3, 0.4) is 0 Å². The fourth-order valence-corrected chi connectivity index (χ4v) is 4.11. The number of benzene rings is 3. The molecule has 3 aromatic carbocycles. The van der Waals surface area contributed by atoms with Crippen LogP contribution in [-0.4, -0.2) is 22.2 Å². The van der Waals surface area contributed by atoms with Crippen LogP contribution < -0.4 is 5.43 Å². The third kappa shape index (κ3) is 4.70. The number of aromatic nitrogens is 1. The Kier molecular flexibility index (Phi) is 6.20. The van der Waals surface area contributed by atoms with Gasteiger partial charge in [0.1, 0.15) is 5.75 Å². The summed E-state index contributed by atoms with van der Waals surface area (Å²) in [6.07, 6.45) is 1.55. The van der Waals surface area contributed by atoms with E-state index < -0.39 is 0 Å². The molecule has 0 unspecified atom stereocenters. The number of para-hydroxylation sites is 1. The lowest BCUT2D eigenvalue weighted by atomic mass is 10.0. The van der Waals surface area contributed by atoms with Gasteiger partial charge in [-0.05, 0) is 77.0 Å². The molecule has 31 heavy (non-hydrogen) atoms. The largest absolute Gasteiger partial charge is 0.507 e. The maximum Gasteiger partial charge on any atom is 0.272 e. The number of amides is 1. The molecule has 4 aromatic rings. The molecule has 1 heterocycles. The summed E-state index contributed by atoms with van der Waals surface area (Å²) in [5.74, 6) is -0.0879. The minimum atomic E-state index is -0.338. The Hall–Kier alpha value is -2.97. The fraction of sp³-hybridized carbons (Fsp3) is 0.0417. The number of aryl methyl sites for hydroxylation is 1. The lowest BCUT2D eigenvalue weighted by Crippen LogP contribution is -2.18. The topological polar surface area (TPSA) is 74.6 Å². The summed E-state index contributed by atoms with van der Waals surface area (Å²) in [5, 5.41) is 15.4. The number of halogens is 2. The van der Waals surface area contributed by atoms with E-state index in [4.69, 9.17) is 11.6 Å². The van der Waals surface area contributed by atoms with Crippen molar-refractivity contribution >= 4 is 57.2 Å². The summed E-state index contributed by atoms with van der Waals surface area (Å²) in [6, 6.07) is 20.1. The van der Waals surface area contributed by atoms with Crippen molar-refractivity contribution in [3.63, 3.8) is 0 Å². The Morgan fingerprint density at radius 1 is 1.13 bits per heavy atom. The van der Waals surface area contributed by atoms with Gasteiger partial charge in [-0.1, -0.05) is 41.9 Å². The smallest absolute Gasteiger partial charge is 0.272 e. The highest BCUT2D eigenvalue weighted by Crippen LogP contribution is 2.26. The van der Waals surface area contributed by atoms with Crippen molar-refractivity contribution in [2.45, 2.75) is 6.92 Å². The van der Waals surface area contributed by atoms with Gasteiger partial charge in [0, 0.05) is 16.0 Å². The zero-order chi connectivity index (χ0) is 22.0. The first-order valence-electron chi connectivity index (χ1n) is 9.40. The van der Waals surface area contributed by atoms with Gasteiger partial charge < -0.3 is 5.11 Å². The first kappa shape index (κ1) is 21.3. The van der Waals surface area contributed by atoms with E-state index in [-0.39, 0.29) is 11.7 Å². The van der Waals surface area contributed by atoms with Crippen molar-refractivity contribution in [3.8, 4) is 17.0 Å². The van der Waals surface area contributed by atoms with Crippen molar-refractivity contribution in [1.82, 2.24) is 10.4 Å². The number of phenols is 1. The summed E-state index contributed by atoms with van der Waals surface area (Å²) in [6.45, 7) is 1.81. The number of aromatic hydroxyl groups is 1. The van der Waals surface area contributed by atoms with Gasteiger partial charge in [0.25, 0.3) is 5.91 Å². The number of phenolic OH excluding ortho intramolecular Hbond substituents is 1. The number of hydrogen-bond donors (Lipinski definition) is 2. The zero-order valence-corrected chi connectivity index (χ0v) is 19.3. The van der Waals surface area contributed by atoms with Crippen LogP contribution in [0, 0.1) is 10.5 Å². The summed E-state index contributed by atoms with van der Waals surface area (Å²) in [7, 11) is 0. The van der Waals surface area contributed by atoms with Crippen molar-refractivity contribution in [1.29, 1.82) is 0 Å². The van der Waals surface area contributed by atoms with Gasteiger partial charge in [0.15, 0.2) is 0 Å². The Labute approximate surface area is 197 Å². The minimum Gasteiger partial charge on any atom is -0.507 e. The van der Waals surface area contributed by atoms with E-state index in [1.165, 1.54) is 0 Å². The van der Waals surface area contributed by atoms with Crippen LogP contribution in [0.25, 0.3) is 22.2 Å². The number of carbonyl (C=O) groups excluding carboxylic acids is 1. The molecule has 0 atom stereocenters. The summed E-state index contributed by atoms with van der Waals surface area (Å²) >= 11 is 8.05. The van der Waals surface area contributed by atoms with Crippen molar-refractivity contribution < 1.29 is 9.90 Å². The lowest BCUT2D eigenvalue weighted by Gasteiger charge is -2.09. The molecule has 0 fully saturated rings. The molecule has 0 saturated carbocycles. The van der Waals surface area contributed by atoms with E-state index >= 15 is 0 Å². The molecule has 0 bridgehead atoms. The molecule has 0 saturated heterocycles. The molecular formula is C24H17ClIN3O2. The number of carbonyl (C=O) groups is 1. The second-order valence-electron chi connectivity index (χ2n) is 6.95. The molecule has 1 amide bonds. The molecule has 0 aliphatic heterocycles. The number of nitrogens with one attached hydrogen (secondary N) is 1. The molecule has 7 heteroatoms. The number of fused-ring (bicyclic) bond motifs is 1. The number of rotatable bonds is 4. The molecule has 154 valence electrons. The molecule has 2 N–H and O–H groups in total. The number of nitrogens with zero attached hydrogens (tertiary/aromatic N) is 2. The van der Waals surface area contributed by atoms with Gasteiger partial charge in [-0.15, -0.1) is 0 Å². The molecule has 0 spiro atoms. The predicted molar refractivity (Wildman–Crippen MR) is 133 cm³/mol. The number of hydrogen-bond acceptors (Lipinski definition) is 4. The highest BCUT2D eigenvalue weighted by molar-refractivity contribution is 14.1. The van der Waals surface area contributed by atoms with Gasteiger partial charge in [0.05, 0.1) is 26.6 Å². The monoisotopic (exact) mass is 541 g/mol. The Morgan fingerprint density at radius 3 is 2.61 bits per heavy atom. The summed E-state index contributed by atoms with van der Waals surface area (Å²) < 4.78 is 0.720. The third-order valence-electron chi connectivity index (χ3n) is 4.76. The number of pyridine rings is 1. The van der Waals surface area contributed by atoms with E-state index in [1.807, 2.05) is 43.3 Å². The Bertz CT molecular complexity index is 1300. The molecular weight excluding hydrogens is 525 g/mol. The lowest BCUT2D eigenvalue weighted by molar-refractivity contribution is 0.0956. The normalized spacial score (nSPS) is 11.2. The van der Waals surface area contributed by atoms with Crippen LogP contribution in [0.15, 0.2) is 71.8 Å². The summed E-state index contributed by atoms with van der Waals surface area (Å²) in [4.78, 5) is 17.6. The SMILES string of the molecule is Cc1cc(/C=N/NC(=O)c2cc(-c3ccc(Cl)cc3)nc3ccccc23)cc(I)c1O. The van der Waals surface area contributed by atoms with Crippen LogP contribution in [0.1, 0.15) is 21.5 Å². The average Bonchev–Trinajstić information content (AvgIpc) is 2.77. The maximum atomic E-state index is 13.0. The van der Waals surface area contributed by atoms with Gasteiger partial charge >= 0.3 is 0 Å². The second kappa shape index (κ2) is 9.03. The predicted octanol–water partition coefficient (Wildman–Crippen LogP) is 5.94. The quantitative estimate of drug-likeness (QED) is 0.191. The van der Waals surface area contributed by atoms with Crippen LogP contribution in [-0.2, 0) is 0 Å². The van der Waals surface area contributed by atoms with Gasteiger partial charge in [-0.2, -0.15) is 5.10 Å². The van der Waals surface area contributed by atoms with Crippen molar-refractivity contribution in [3.05, 3.63) is 92.0 Å². The van der Waals surface area contributed by atoms with Crippen LogP contribution in [0.4, 0.5) is 0 Å². The zero-order valence-electron chi connectivity index (χ0n) is 16.4. The van der Waals surface area contributed by atoms with Crippen molar-refractivity contribution in [2.24, 2.45) is 5.10 Å². The Morgan fingerprint density at radius 2 is 1.87 bits per heavy atom. The molecule has 5 nitrogen and oxygen atoms in total. The molecule has 0 aliphatic rings. The first-order valence-corrected chi connectivity index (χ1v) is 10.9. The van der Waals surface area contributed by atoms with Crippen molar-refractivity contribution in [2.75, 3.05) is 0 Å². The van der Waals surface area contributed by atoms with Gasteiger partial charge in [-0.3, -0.25) is 4.79 Å². The first-order chi connectivity index (χ1) is 14.9. The van der Waals surface area contributed by atoms with Crippen LogP contribution >= 0.6 is 34.2 Å². The van der Waals surface area contributed by atoms with Crippen LogP contribution in [0.5, 0.6) is 5.75 Å². The highest BCUT2D eigenvalue weighted by atomic mass is 127. The third-order valence-corrected chi connectivity index (χ3v) is 5.83. The molecule has 0 aliphatic carbocycles. The standard InChI is InChI=1S/C24H17ClIN3O2/c1-14-10-15(11-20(26)23(14)30)13-27-29-24(31)19-12-22(16-6-8-17(25)9-7-16)28-21-5-3-2-4-18(19)21/h2-13,30H,1H3,(H,29,31)/b27-13+. The Balaban J connectivity index is 1.66. The van der Waals surface area contributed by atoms with E-state index in [9.17, 15) is 9.90 Å². The van der Waals surface area contributed by atoms with E-state index in [0.717, 1.165) is 25.6 Å². The van der Waals surface area contributed by atoms with E-state index in [1.54, 1.807) is 36.5 Å². The number of hydrazone groups is 1. The minimum absolute atomic E-state index is 0.250. The van der Waals surface area contributed by atoms with Gasteiger partial charge in [-0.25, -0.2) is 10.4 Å². The van der Waals surface area contributed by atoms with Gasteiger partial charge in [0.2, 0.25) is 0 Å². The molecule has 1 aromatic heterocycles.